The topological polar surface area (TPSA) is 108 Å². The molecule has 0 aromatic rings. The van der Waals surface area contributed by atoms with Crippen molar-refractivity contribution in [1.29, 1.82) is 0 Å². The Morgan fingerprint density at radius 2 is 1.45 bits per heavy atom. The predicted octanol–water partition coefficient (Wildman–Crippen LogP) is 3.83. The highest BCUT2D eigenvalue weighted by Crippen LogP contribution is 2.43. The van der Waals surface area contributed by atoms with E-state index >= 15 is 0 Å². The van der Waals surface area contributed by atoms with Gasteiger partial charge in [-0.05, 0) is 12.8 Å². The molecule has 0 radical (unpaired) electrons. The summed E-state index contributed by atoms with van der Waals surface area (Å²) in [6.45, 7) is 4.03. The number of hydrogen-bond acceptors (Lipinski definition) is 7. The molecule has 0 aromatic heterocycles. The van der Waals surface area contributed by atoms with Gasteiger partial charge in [0.2, 0.25) is 0 Å². The van der Waals surface area contributed by atoms with Gasteiger partial charge in [-0.15, -0.1) is 0 Å². The number of carbonyl (C=O) groups is 2. The minimum absolute atomic E-state index is 0.0333. The Morgan fingerprint density at radius 3 is 2.06 bits per heavy atom. The number of unbranched alkanes of at least 4 members (excludes halogenated alkanes) is 5. The molecule has 0 bridgehead atoms. The summed E-state index contributed by atoms with van der Waals surface area (Å²) < 4.78 is 33.1. The highest BCUT2D eigenvalue weighted by molar-refractivity contribution is 7.47. The molecule has 0 saturated heterocycles. The summed E-state index contributed by atoms with van der Waals surface area (Å²) in [5.41, 5.74) is 0. The molecule has 0 amide bonds. The largest absolute Gasteiger partial charge is 0.472 e. The van der Waals surface area contributed by atoms with Crippen molar-refractivity contribution in [2.24, 2.45) is 0 Å². The molecular weight excluding hydrogens is 425 g/mol. The number of carbonyl (C=O) groups excluding carboxylic acids is 2. The molecule has 0 spiro atoms. The number of ether oxygens (including phenoxy) is 2. The van der Waals surface area contributed by atoms with Gasteiger partial charge >= 0.3 is 19.8 Å². The Bertz CT molecular complexity index is 550. The first-order valence-electron chi connectivity index (χ1n) is 11.3. The molecule has 10 heteroatoms. The minimum Gasteiger partial charge on any atom is -0.462 e. The highest BCUT2D eigenvalue weighted by atomic mass is 31.2. The van der Waals surface area contributed by atoms with Crippen LogP contribution in [0.4, 0.5) is 0 Å². The number of esters is 2. The summed E-state index contributed by atoms with van der Waals surface area (Å²) in [5, 5.41) is 0. The maximum atomic E-state index is 12.1. The van der Waals surface area contributed by atoms with E-state index in [1.807, 2.05) is 28.1 Å². The zero-order valence-corrected chi connectivity index (χ0v) is 20.9. The van der Waals surface area contributed by atoms with Crippen LogP contribution in [0, 0.1) is 0 Å². The molecule has 0 saturated carbocycles. The number of likely N-dealkylation sites (N-methyl/N-ethyl adjacent to an activating group) is 1. The lowest BCUT2D eigenvalue weighted by Gasteiger charge is -2.24. The molecule has 0 aliphatic rings. The van der Waals surface area contributed by atoms with Crippen LogP contribution in [-0.2, 0) is 32.7 Å². The molecule has 9 nitrogen and oxygen atoms in total. The van der Waals surface area contributed by atoms with E-state index < -0.39 is 32.5 Å². The van der Waals surface area contributed by atoms with Crippen LogP contribution in [0.3, 0.4) is 0 Å². The van der Waals surface area contributed by atoms with Crippen molar-refractivity contribution in [3.8, 4) is 0 Å². The lowest BCUT2D eigenvalue weighted by Crippen LogP contribution is -2.37. The second-order valence-corrected chi connectivity index (χ2v) is 10.1. The monoisotopic (exact) mass is 468 g/mol. The second kappa shape index (κ2) is 16.6. The molecule has 1 N–H and O–H groups in total. The number of phosphoric acid groups is 1. The molecule has 2 unspecified atom stereocenters. The van der Waals surface area contributed by atoms with Gasteiger partial charge in [0, 0.05) is 12.8 Å². The number of rotatable bonds is 19. The van der Waals surface area contributed by atoms with E-state index in [0.717, 1.165) is 38.5 Å². The summed E-state index contributed by atoms with van der Waals surface area (Å²) in [5.74, 6) is -0.853. The molecule has 0 aliphatic carbocycles. The van der Waals surface area contributed by atoms with Crippen LogP contribution >= 0.6 is 7.82 Å². The lowest BCUT2D eigenvalue weighted by atomic mass is 10.1. The van der Waals surface area contributed by atoms with E-state index in [1.165, 1.54) is 0 Å². The molecule has 184 valence electrons. The third-order valence-corrected chi connectivity index (χ3v) is 5.37. The van der Waals surface area contributed by atoms with Crippen LogP contribution in [0.15, 0.2) is 0 Å². The van der Waals surface area contributed by atoms with Crippen LogP contribution in [0.5, 0.6) is 0 Å². The van der Waals surface area contributed by atoms with Gasteiger partial charge < -0.3 is 18.9 Å². The second-order valence-electron chi connectivity index (χ2n) is 8.67. The summed E-state index contributed by atoms with van der Waals surface area (Å²) in [7, 11) is 1.47. The Morgan fingerprint density at radius 1 is 0.871 bits per heavy atom. The van der Waals surface area contributed by atoms with Crippen LogP contribution in [0.1, 0.15) is 71.6 Å². The molecule has 31 heavy (non-hydrogen) atoms. The van der Waals surface area contributed by atoms with Gasteiger partial charge in [-0.1, -0.05) is 46.0 Å². The maximum absolute atomic E-state index is 12.1. The van der Waals surface area contributed by atoms with E-state index in [1.54, 1.807) is 0 Å². The van der Waals surface area contributed by atoms with E-state index in [4.69, 9.17) is 18.5 Å². The van der Waals surface area contributed by atoms with E-state index in [2.05, 4.69) is 6.92 Å². The van der Waals surface area contributed by atoms with E-state index in [0.29, 0.717) is 17.4 Å². The van der Waals surface area contributed by atoms with E-state index in [-0.39, 0.29) is 26.1 Å². The Labute approximate surface area is 187 Å². The fourth-order valence-corrected chi connectivity index (χ4v) is 3.22. The minimum atomic E-state index is -4.32. The third kappa shape index (κ3) is 19.4. The summed E-state index contributed by atoms with van der Waals surface area (Å²) in [4.78, 5) is 33.8. The maximum Gasteiger partial charge on any atom is 0.472 e. The van der Waals surface area contributed by atoms with Gasteiger partial charge in [0.05, 0.1) is 27.7 Å². The summed E-state index contributed by atoms with van der Waals surface area (Å²) in [6, 6.07) is 0. The normalized spacial score (nSPS) is 14.6. The van der Waals surface area contributed by atoms with Crippen molar-refractivity contribution in [3.63, 3.8) is 0 Å². The Balaban J connectivity index is 4.64. The van der Waals surface area contributed by atoms with Crippen LogP contribution in [0.2, 0.25) is 0 Å². The number of phosphoric ester groups is 1. The first-order chi connectivity index (χ1) is 14.5. The third-order valence-electron chi connectivity index (χ3n) is 4.39. The molecule has 0 aliphatic heterocycles. The fourth-order valence-electron chi connectivity index (χ4n) is 2.48. The number of hydrogen-bond donors (Lipinski definition) is 1. The Kier molecular flexibility index (Phi) is 16.1. The predicted molar refractivity (Wildman–Crippen MR) is 118 cm³/mol. The van der Waals surface area contributed by atoms with Crippen LogP contribution in [-0.4, -0.2) is 74.9 Å². The molecule has 0 rings (SSSR count). The smallest absolute Gasteiger partial charge is 0.462 e. The van der Waals surface area contributed by atoms with Crippen molar-refractivity contribution in [2.45, 2.75) is 77.7 Å². The standard InChI is InChI=1S/C21H42NO8P/c1-6-8-10-12-14-21(24)30-19(17-27-20(23)13-11-9-7-2)18-29-31(25,26)28-16-15-22(3,4)5/h19H,6-18H2,1-5H3/p+1. The zero-order valence-electron chi connectivity index (χ0n) is 20.0. The van der Waals surface area contributed by atoms with Crippen molar-refractivity contribution in [3.05, 3.63) is 0 Å². The first kappa shape index (κ1) is 30.0. The zero-order chi connectivity index (χ0) is 23.8. The summed E-state index contributed by atoms with van der Waals surface area (Å²) >= 11 is 0. The van der Waals surface area contributed by atoms with Gasteiger partial charge in [-0.3, -0.25) is 18.6 Å². The first-order valence-corrected chi connectivity index (χ1v) is 12.8. The van der Waals surface area contributed by atoms with Crippen molar-refractivity contribution in [2.75, 3.05) is 47.5 Å². The average Bonchev–Trinajstić information content (AvgIpc) is 2.66. The van der Waals surface area contributed by atoms with Gasteiger partial charge in [-0.2, -0.15) is 0 Å². The molecule has 0 aromatic carbocycles. The Hall–Kier alpha value is -0.990. The molecule has 0 heterocycles. The molecule has 0 fully saturated rings. The van der Waals surface area contributed by atoms with Crippen molar-refractivity contribution >= 4 is 19.8 Å². The number of nitrogens with zero attached hydrogens (tertiary/aromatic N) is 1. The fraction of sp³-hybridized carbons (Fsp3) is 0.905. The van der Waals surface area contributed by atoms with Crippen LogP contribution < -0.4 is 0 Å². The quantitative estimate of drug-likeness (QED) is 0.132. The highest BCUT2D eigenvalue weighted by Gasteiger charge is 2.26. The average molecular weight is 469 g/mol. The van der Waals surface area contributed by atoms with E-state index in [9.17, 15) is 19.0 Å². The van der Waals surface area contributed by atoms with Gasteiger partial charge in [-0.25, -0.2) is 4.57 Å². The SMILES string of the molecule is CCCCCCC(=O)OC(COC(=O)CCCCC)COP(=O)(O)OCC[N+](C)(C)C. The van der Waals surface area contributed by atoms with Crippen LogP contribution in [0.25, 0.3) is 0 Å². The van der Waals surface area contributed by atoms with Gasteiger partial charge in [0.25, 0.3) is 0 Å². The number of quaternary nitrogens is 1. The lowest BCUT2D eigenvalue weighted by molar-refractivity contribution is -0.870. The summed E-state index contributed by atoms with van der Waals surface area (Å²) in [6.07, 6.45) is 5.88. The van der Waals surface area contributed by atoms with Crippen molar-refractivity contribution < 1.29 is 42.1 Å². The van der Waals surface area contributed by atoms with Gasteiger partial charge in [0.15, 0.2) is 6.10 Å². The van der Waals surface area contributed by atoms with Crippen molar-refractivity contribution in [1.82, 2.24) is 0 Å². The molecular formula is C21H43NO8P+. The van der Waals surface area contributed by atoms with Gasteiger partial charge in [0.1, 0.15) is 19.8 Å². The molecule has 2 atom stereocenters.